The summed E-state index contributed by atoms with van der Waals surface area (Å²) in [4.78, 5) is 1.25. The van der Waals surface area contributed by atoms with Crippen molar-refractivity contribution in [3.63, 3.8) is 0 Å². The van der Waals surface area contributed by atoms with E-state index < -0.39 is 0 Å². The first-order valence-corrected chi connectivity index (χ1v) is 6.61. The van der Waals surface area contributed by atoms with Crippen molar-refractivity contribution in [3.8, 4) is 5.75 Å². The Hall–Kier alpha value is -0.930. The van der Waals surface area contributed by atoms with E-state index in [1.165, 1.54) is 4.90 Å². The highest BCUT2D eigenvalue weighted by atomic mass is 32.2. The lowest BCUT2D eigenvalue weighted by Gasteiger charge is -2.15. The molecule has 1 rings (SSSR count). The number of benzene rings is 1. The van der Waals surface area contributed by atoms with Gasteiger partial charge in [-0.25, -0.2) is 0 Å². The number of nitrogens with one attached hydrogen (secondary N) is 1. The summed E-state index contributed by atoms with van der Waals surface area (Å²) in [6.07, 6.45) is 4.08. The van der Waals surface area contributed by atoms with Crippen LogP contribution in [0.3, 0.4) is 0 Å². The van der Waals surface area contributed by atoms with Crippen LogP contribution in [0.25, 0.3) is 0 Å². The minimum atomic E-state index is 0.167. The van der Waals surface area contributed by atoms with Gasteiger partial charge in [-0.1, -0.05) is 6.08 Å². The van der Waals surface area contributed by atoms with Gasteiger partial charge in [-0.3, -0.25) is 0 Å². The number of hydrogen-bond acceptors (Lipinski definition) is 3. The molecule has 0 saturated carbocycles. The molecule has 0 heterocycles. The molecule has 0 aliphatic heterocycles. The van der Waals surface area contributed by atoms with Crippen LogP contribution in [-0.4, -0.2) is 25.4 Å². The highest BCUT2D eigenvalue weighted by Gasteiger charge is 2.02. The van der Waals surface area contributed by atoms with E-state index >= 15 is 0 Å². The third kappa shape index (κ3) is 4.73. The summed E-state index contributed by atoms with van der Waals surface area (Å²) in [5.41, 5.74) is 0. The van der Waals surface area contributed by atoms with Gasteiger partial charge in [-0.05, 0) is 37.4 Å². The van der Waals surface area contributed by atoms with Gasteiger partial charge >= 0.3 is 0 Å². The van der Waals surface area contributed by atoms with Crippen LogP contribution < -0.4 is 10.1 Å². The largest absolute Gasteiger partial charge is 0.489 e. The predicted octanol–water partition coefficient (Wildman–Crippen LogP) is 2.95. The van der Waals surface area contributed by atoms with Gasteiger partial charge in [0.05, 0.1) is 0 Å². The first-order valence-electron chi connectivity index (χ1n) is 5.38. The molecule has 0 radical (unpaired) electrons. The van der Waals surface area contributed by atoms with Crippen LogP contribution in [-0.2, 0) is 0 Å². The van der Waals surface area contributed by atoms with E-state index in [1.54, 1.807) is 11.8 Å². The molecule has 1 N–H and O–H groups in total. The average molecular weight is 237 g/mol. The number of rotatable bonds is 7. The normalized spacial score (nSPS) is 12.1. The monoisotopic (exact) mass is 237 g/mol. The lowest BCUT2D eigenvalue weighted by molar-refractivity contribution is 0.219. The molecule has 1 atom stereocenters. The zero-order valence-electron chi connectivity index (χ0n) is 9.90. The average Bonchev–Trinajstić information content (AvgIpc) is 2.30. The van der Waals surface area contributed by atoms with Crippen molar-refractivity contribution in [2.45, 2.75) is 17.9 Å². The van der Waals surface area contributed by atoms with Crippen LogP contribution in [0.2, 0.25) is 0 Å². The molecule has 16 heavy (non-hydrogen) atoms. The van der Waals surface area contributed by atoms with Crippen LogP contribution in [0.4, 0.5) is 0 Å². The van der Waals surface area contributed by atoms with Gasteiger partial charge in [0.15, 0.2) is 0 Å². The lowest BCUT2D eigenvalue weighted by atomic mass is 10.3. The molecular weight excluding hydrogens is 218 g/mol. The van der Waals surface area contributed by atoms with Gasteiger partial charge in [0.25, 0.3) is 0 Å². The minimum Gasteiger partial charge on any atom is -0.489 e. The van der Waals surface area contributed by atoms with E-state index in [2.05, 4.69) is 37.2 Å². The summed E-state index contributed by atoms with van der Waals surface area (Å²) < 4.78 is 5.75. The summed E-state index contributed by atoms with van der Waals surface area (Å²) in [5.74, 6) is 0.922. The van der Waals surface area contributed by atoms with Crippen LogP contribution in [0, 0.1) is 0 Å². The van der Waals surface area contributed by atoms with Crippen LogP contribution in [0.1, 0.15) is 6.92 Å². The molecule has 3 heteroatoms. The molecule has 0 aromatic heterocycles. The molecule has 88 valence electrons. The van der Waals surface area contributed by atoms with Crippen LogP contribution in [0.15, 0.2) is 41.8 Å². The molecule has 0 amide bonds. The van der Waals surface area contributed by atoms with Crippen molar-refractivity contribution < 1.29 is 4.74 Å². The zero-order chi connectivity index (χ0) is 11.8. The Morgan fingerprint density at radius 3 is 2.69 bits per heavy atom. The Kier molecular flexibility index (Phi) is 6.04. The predicted molar refractivity (Wildman–Crippen MR) is 71.4 cm³/mol. The molecule has 0 bridgehead atoms. The number of ether oxygens (including phenoxy) is 1. The zero-order valence-corrected chi connectivity index (χ0v) is 10.7. The fourth-order valence-corrected chi connectivity index (χ4v) is 1.73. The Bertz CT molecular complexity index is 310. The molecule has 1 aromatic carbocycles. The fourth-order valence-electron chi connectivity index (χ4n) is 1.32. The second-order valence-corrected chi connectivity index (χ2v) is 4.43. The van der Waals surface area contributed by atoms with Crippen molar-refractivity contribution >= 4 is 11.8 Å². The van der Waals surface area contributed by atoms with Crippen molar-refractivity contribution in [2.75, 3.05) is 19.3 Å². The lowest BCUT2D eigenvalue weighted by Crippen LogP contribution is -2.28. The number of thioether (sulfide) groups is 1. The van der Waals surface area contributed by atoms with E-state index in [9.17, 15) is 0 Å². The standard InChI is InChI=1S/C13H19NOS/c1-4-9-14-10-11(2)15-12-5-7-13(16-3)8-6-12/h4-8,11,14H,1,9-10H2,2-3H3. The second-order valence-electron chi connectivity index (χ2n) is 3.55. The Morgan fingerprint density at radius 2 is 2.12 bits per heavy atom. The molecule has 0 spiro atoms. The summed E-state index contributed by atoms with van der Waals surface area (Å²) in [7, 11) is 0. The van der Waals surface area contributed by atoms with Crippen LogP contribution >= 0.6 is 11.8 Å². The van der Waals surface area contributed by atoms with E-state index in [1.807, 2.05) is 18.2 Å². The van der Waals surface area contributed by atoms with Gasteiger partial charge in [-0.2, -0.15) is 0 Å². The minimum absolute atomic E-state index is 0.167. The Morgan fingerprint density at radius 1 is 1.44 bits per heavy atom. The van der Waals surface area contributed by atoms with Gasteiger partial charge in [0.1, 0.15) is 11.9 Å². The molecule has 1 aromatic rings. The molecule has 0 saturated heterocycles. The molecule has 1 unspecified atom stereocenters. The maximum Gasteiger partial charge on any atom is 0.119 e. The SMILES string of the molecule is C=CCNCC(C)Oc1ccc(SC)cc1. The molecule has 0 aliphatic carbocycles. The Labute approximate surface area is 102 Å². The molecule has 0 fully saturated rings. The summed E-state index contributed by atoms with van der Waals surface area (Å²) in [6, 6.07) is 8.17. The van der Waals surface area contributed by atoms with Crippen molar-refractivity contribution in [1.82, 2.24) is 5.32 Å². The highest BCUT2D eigenvalue weighted by molar-refractivity contribution is 7.98. The van der Waals surface area contributed by atoms with Gasteiger partial charge in [-0.15, -0.1) is 18.3 Å². The van der Waals surface area contributed by atoms with E-state index in [0.29, 0.717) is 0 Å². The van der Waals surface area contributed by atoms with Crippen molar-refractivity contribution in [3.05, 3.63) is 36.9 Å². The second kappa shape index (κ2) is 7.36. The quantitative estimate of drug-likeness (QED) is 0.447. The topological polar surface area (TPSA) is 21.3 Å². The van der Waals surface area contributed by atoms with Gasteiger partial charge in [0, 0.05) is 18.0 Å². The third-order valence-corrected chi connectivity index (χ3v) is 2.86. The van der Waals surface area contributed by atoms with E-state index in [-0.39, 0.29) is 6.10 Å². The molecule has 0 aliphatic rings. The maximum atomic E-state index is 5.75. The first-order chi connectivity index (χ1) is 7.76. The highest BCUT2D eigenvalue weighted by Crippen LogP contribution is 2.19. The maximum absolute atomic E-state index is 5.75. The number of hydrogen-bond donors (Lipinski definition) is 1. The smallest absolute Gasteiger partial charge is 0.119 e. The Balaban J connectivity index is 2.37. The van der Waals surface area contributed by atoms with E-state index in [0.717, 1.165) is 18.8 Å². The summed E-state index contributed by atoms with van der Waals surface area (Å²) in [5, 5.41) is 3.23. The van der Waals surface area contributed by atoms with Crippen molar-refractivity contribution in [2.24, 2.45) is 0 Å². The third-order valence-electron chi connectivity index (χ3n) is 2.12. The van der Waals surface area contributed by atoms with Gasteiger partial charge in [0.2, 0.25) is 0 Å². The summed E-state index contributed by atoms with van der Waals surface area (Å²) in [6.45, 7) is 7.36. The van der Waals surface area contributed by atoms with E-state index in [4.69, 9.17) is 4.74 Å². The fraction of sp³-hybridized carbons (Fsp3) is 0.385. The first kappa shape index (κ1) is 13.1. The molecule has 2 nitrogen and oxygen atoms in total. The van der Waals surface area contributed by atoms with Crippen LogP contribution in [0.5, 0.6) is 5.75 Å². The summed E-state index contributed by atoms with van der Waals surface area (Å²) >= 11 is 1.73. The van der Waals surface area contributed by atoms with Gasteiger partial charge < -0.3 is 10.1 Å². The van der Waals surface area contributed by atoms with Crippen molar-refractivity contribution in [1.29, 1.82) is 0 Å². The molecular formula is C13H19NOS.